The van der Waals surface area contributed by atoms with Gasteiger partial charge in [0.1, 0.15) is 5.75 Å². The van der Waals surface area contributed by atoms with Crippen LogP contribution in [-0.4, -0.2) is 7.11 Å². The van der Waals surface area contributed by atoms with Crippen LogP contribution in [0, 0.1) is 11.3 Å². The molecule has 0 atom stereocenters. The second-order valence-electron chi connectivity index (χ2n) is 3.64. The third-order valence-electron chi connectivity index (χ3n) is 2.40. The van der Waals surface area contributed by atoms with Gasteiger partial charge in [-0.1, -0.05) is 19.8 Å². The standard InChI is InChI=1S/C13H17NO/c1-3-4-5-6-11-7-12(10-14)9-13(8-11)15-2/h7-9H,3-6H2,1-2H3. The second kappa shape index (κ2) is 6.08. The van der Waals surface area contributed by atoms with Crippen LogP contribution in [-0.2, 0) is 6.42 Å². The smallest absolute Gasteiger partial charge is 0.120 e. The van der Waals surface area contributed by atoms with Crippen molar-refractivity contribution in [3.05, 3.63) is 29.3 Å². The summed E-state index contributed by atoms with van der Waals surface area (Å²) in [5.41, 5.74) is 1.88. The largest absolute Gasteiger partial charge is 0.497 e. The Hall–Kier alpha value is -1.49. The van der Waals surface area contributed by atoms with Gasteiger partial charge in [-0.2, -0.15) is 5.26 Å². The number of aryl methyl sites for hydroxylation is 1. The molecule has 0 amide bonds. The molecule has 0 bridgehead atoms. The molecule has 0 aliphatic rings. The molecule has 2 nitrogen and oxygen atoms in total. The van der Waals surface area contributed by atoms with Crippen molar-refractivity contribution in [2.45, 2.75) is 32.6 Å². The van der Waals surface area contributed by atoms with E-state index in [1.165, 1.54) is 24.8 Å². The Morgan fingerprint density at radius 1 is 1.27 bits per heavy atom. The Labute approximate surface area is 91.5 Å². The lowest BCUT2D eigenvalue weighted by Gasteiger charge is -2.05. The molecular weight excluding hydrogens is 186 g/mol. The van der Waals surface area contributed by atoms with Crippen LogP contribution >= 0.6 is 0 Å². The van der Waals surface area contributed by atoms with Gasteiger partial charge in [-0.05, 0) is 36.6 Å². The van der Waals surface area contributed by atoms with Gasteiger partial charge in [-0.15, -0.1) is 0 Å². The van der Waals surface area contributed by atoms with E-state index in [0.717, 1.165) is 12.2 Å². The Morgan fingerprint density at radius 2 is 2.07 bits per heavy atom. The van der Waals surface area contributed by atoms with Crippen molar-refractivity contribution in [2.24, 2.45) is 0 Å². The van der Waals surface area contributed by atoms with Crippen molar-refractivity contribution in [3.63, 3.8) is 0 Å². The minimum Gasteiger partial charge on any atom is -0.497 e. The highest BCUT2D eigenvalue weighted by molar-refractivity contribution is 5.40. The number of nitriles is 1. The number of unbranched alkanes of at least 4 members (excludes halogenated alkanes) is 2. The minimum absolute atomic E-state index is 0.681. The summed E-state index contributed by atoms with van der Waals surface area (Å²) in [6.07, 6.45) is 4.66. The summed E-state index contributed by atoms with van der Waals surface area (Å²) in [7, 11) is 1.63. The molecule has 2 heteroatoms. The van der Waals surface area contributed by atoms with Gasteiger partial charge in [0, 0.05) is 0 Å². The first-order valence-corrected chi connectivity index (χ1v) is 5.38. The Balaban J connectivity index is 2.74. The van der Waals surface area contributed by atoms with Gasteiger partial charge in [0.05, 0.1) is 18.7 Å². The predicted molar refractivity (Wildman–Crippen MR) is 60.9 cm³/mol. The molecule has 0 N–H and O–H groups in total. The number of hydrogen-bond donors (Lipinski definition) is 0. The zero-order chi connectivity index (χ0) is 11.1. The topological polar surface area (TPSA) is 33.0 Å². The highest BCUT2D eigenvalue weighted by Crippen LogP contribution is 2.18. The number of ether oxygens (including phenoxy) is 1. The van der Waals surface area contributed by atoms with Crippen molar-refractivity contribution in [1.29, 1.82) is 5.26 Å². The second-order valence-corrected chi connectivity index (χ2v) is 3.64. The average molecular weight is 203 g/mol. The normalized spacial score (nSPS) is 9.67. The van der Waals surface area contributed by atoms with E-state index in [0.29, 0.717) is 5.56 Å². The van der Waals surface area contributed by atoms with E-state index in [2.05, 4.69) is 13.0 Å². The summed E-state index contributed by atoms with van der Waals surface area (Å²) < 4.78 is 5.15. The maximum Gasteiger partial charge on any atom is 0.120 e. The quantitative estimate of drug-likeness (QED) is 0.688. The van der Waals surface area contributed by atoms with Crippen LogP contribution in [0.25, 0.3) is 0 Å². The molecule has 0 aromatic heterocycles. The molecule has 0 fully saturated rings. The van der Waals surface area contributed by atoms with Crippen LogP contribution in [0.2, 0.25) is 0 Å². The van der Waals surface area contributed by atoms with Gasteiger partial charge < -0.3 is 4.74 Å². The van der Waals surface area contributed by atoms with Gasteiger partial charge >= 0.3 is 0 Å². The first-order valence-electron chi connectivity index (χ1n) is 5.38. The van der Waals surface area contributed by atoms with Crippen molar-refractivity contribution in [3.8, 4) is 11.8 Å². The third kappa shape index (κ3) is 3.63. The van der Waals surface area contributed by atoms with Gasteiger partial charge in [0.15, 0.2) is 0 Å². The fraction of sp³-hybridized carbons (Fsp3) is 0.462. The zero-order valence-electron chi connectivity index (χ0n) is 9.42. The number of rotatable bonds is 5. The predicted octanol–water partition coefficient (Wildman–Crippen LogP) is 3.30. The van der Waals surface area contributed by atoms with Crippen LogP contribution in [0.3, 0.4) is 0 Å². The summed E-state index contributed by atoms with van der Waals surface area (Å²) in [6, 6.07) is 7.87. The highest BCUT2D eigenvalue weighted by Gasteiger charge is 2.00. The maximum absolute atomic E-state index is 8.85. The molecule has 80 valence electrons. The van der Waals surface area contributed by atoms with Gasteiger partial charge in [0.2, 0.25) is 0 Å². The van der Waals surface area contributed by atoms with E-state index in [1.54, 1.807) is 13.2 Å². The van der Waals surface area contributed by atoms with Gasteiger partial charge in [-0.3, -0.25) is 0 Å². The monoisotopic (exact) mass is 203 g/mol. The summed E-state index contributed by atoms with van der Waals surface area (Å²) >= 11 is 0. The minimum atomic E-state index is 0.681. The Bertz CT molecular complexity index is 352. The fourth-order valence-electron chi connectivity index (χ4n) is 1.57. The molecule has 1 aromatic carbocycles. The first kappa shape index (κ1) is 11.6. The van der Waals surface area contributed by atoms with Gasteiger partial charge in [0.25, 0.3) is 0 Å². The fourth-order valence-corrected chi connectivity index (χ4v) is 1.57. The molecule has 15 heavy (non-hydrogen) atoms. The highest BCUT2D eigenvalue weighted by atomic mass is 16.5. The number of nitrogens with zero attached hydrogens (tertiary/aromatic N) is 1. The molecule has 0 radical (unpaired) electrons. The molecule has 0 heterocycles. The van der Waals surface area contributed by atoms with E-state index < -0.39 is 0 Å². The molecular formula is C13H17NO. The van der Waals surface area contributed by atoms with Crippen LogP contribution in [0.4, 0.5) is 0 Å². The molecule has 0 spiro atoms. The summed E-state index contributed by atoms with van der Waals surface area (Å²) in [5.74, 6) is 0.778. The van der Waals surface area contributed by atoms with Crippen molar-refractivity contribution in [1.82, 2.24) is 0 Å². The molecule has 0 aliphatic carbocycles. The van der Waals surface area contributed by atoms with E-state index in [4.69, 9.17) is 10.00 Å². The molecule has 1 aromatic rings. The van der Waals surface area contributed by atoms with E-state index >= 15 is 0 Å². The van der Waals surface area contributed by atoms with Crippen molar-refractivity contribution < 1.29 is 4.74 Å². The van der Waals surface area contributed by atoms with Crippen LogP contribution in [0.15, 0.2) is 18.2 Å². The lowest BCUT2D eigenvalue weighted by Crippen LogP contribution is -1.90. The summed E-state index contributed by atoms with van der Waals surface area (Å²) in [6.45, 7) is 2.19. The number of methoxy groups -OCH3 is 1. The summed E-state index contributed by atoms with van der Waals surface area (Å²) in [4.78, 5) is 0. The first-order chi connectivity index (χ1) is 7.30. The Kier molecular flexibility index (Phi) is 4.70. The third-order valence-corrected chi connectivity index (χ3v) is 2.40. The van der Waals surface area contributed by atoms with E-state index in [9.17, 15) is 0 Å². The maximum atomic E-state index is 8.85. The SMILES string of the molecule is CCCCCc1cc(C#N)cc(OC)c1. The number of benzene rings is 1. The molecule has 1 rings (SSSR count). The zero-order valence-corrected chi connectivity index (χ0v) is 9.42. The van der Waals surface area contributed by atoms with E-state index in [-0.39, 0.29) is 0 Å². The molecule has 0 saturated heterocycles. The van der Waals surface area contributed by atoms with Crippen molar-refractivity contribution in [2.75, 3.05) is 7.11 Å². The van der Waals surface area contributed by atoms with Crippen LogP contribution < -0.4 is 4.74 Å². The van der Waals surface area contributed by atoms with Gasteiger partial charge in [-0.25, -0.2) is 0 Å². The van der Waals surface area contributed by atoms with Crippen molar-refractivity contribution >= 4 is 0 Å². The van der Waals surface area contributed by atoms with Crippen LogP contribution in [0.5, 0.6) is 5.75 Å². The molecule has 0 unspecified atom stereocenters. The molecule has 0 saturated carbocycles. The lowest BCUT2D eigenvalue weighted by atomic mass is 10.0. The van der Waals surface area contributed by atoms with E-state index in [1.807, 2.05) is 12.1 Å². The lowest BCUT2D eigenvalue weighted by molar-refractivity contribution is 0.414. The number of hydrogen-bond acceptors (Lipinski definition) is 2. The molecule has 0 aliphatic heterocycles. The Morgan fingerprint density at radius 3 is 2.67 bits per heavy atom. The van der Waals surface area contributed by atoms with Crippen LogP contribution in [0.1, 0.15) is 37.3 Å². The average Bonchev–Trinajstić information content (AvgIpc) is 2.29. The summed E-state index contributed by atoms with van der Waals surface area (Å²) in [5, 5.41) is 8.85.